The summed E-state index contributed by atoms with van der Waals surface area (Å²) in [5, 5.41) is 2.61. The topological polar surface area (TPSA) is 25.8 Å². The van der Waals surface area contributed by atoms with Crippen LogP contribution in [0.4, 0.5) is 0 Å². The predicted octanol–water partition coefficient (Wildman–Crippen LogP) is 13.9. The Morgan fingerprint density at radius 2 is 1.10 bits per heavy atom. The van der Waals surface area contributed by atoms with Crippen molar-refractivity contribution in [1.29, 1.82) is 0 Å². The van der Waals surface area contributed by atoms with Crippen LogP contribution in [0.5, 0.6) is 0 Å². The zero-order valence-corrected chi connectivity index (χ0v) is 32.4. The molecule has 0 saturated carbocycles. The molecule has 12 rings (SSSR count). The number of rotatable bonds is 4. The van der Waals surface area contributed by atoms with E-state index in [9.17, 15) is 0 Å². The Bertz CT molecular complexity index is 3030. The van der Waals surface area contributed by atoms with Gasteiger partial charge in [-0.05, 0) is 67.4 Å². The maximum atomic E-state index is 5.09. The van der Waals surface area contributed by atoms with E-state index in [1.54, 1.807) is 0 Å². The Kier molecular flexibility index (Phi) is 7.55. The number of thioether (sulfide) groups is 1. The van der Waals surface area contributed by atoms with Crippen molar-refractivity contribution in [3.05, 3.63) is 233 Å². The van der Waals surface area contributed by atoms with E-state index in [0.29, 0.717) is 17.7 Å². The summed E-state index contributed by atoms with van der Waals surface area (Å²) < 4.78 is 0. The first kappa shape index (κ1) is 33.3. The van der Waals surface area contributed by atoms with Crippen molar-refractivity contribution in [2.45, 2.75) is 10.3 Å². The molecule has 4 aliphatic rings. The lowest BCUT2D eigenvalue weighted by Gasteiger charge is -2.44. The fourth-order valence-corrected chi connectivity index (χ4v) is 11.4. The average Bonchev–Trinajstić information content (AvgIpc) is 3.59. The summed E-state index contributed by atoms with van der Waals surface area (Å²) in [6, 6.07) is 61.6. The number of nitrogens with zero attached hydrogens (tertiary/aromatic N) is 2. The number of allylic oxidation sites excluding steroid dienone is 8. The molecule has 272 valence electrons. The average molecular weight is 757 g/mol. The van der Waals surface area contributed by atoms with Gasteiger partial charge in [0, 0.05) is 38.3 Å². The Labute approximate surface area is 342 Å². The van der Waals surface area contributed by atoms with E-state index >= 15 is 0 Å². The minimum Gasteiger partial charge on any atom is -0.228 e. The highest BCUT2D eigenvalue weighted by molar-refractivity contribution is 8.03. The van der Waals surface area contributed by atoms with Crippen molar-refractivity contribution < 1.29 is 0 Å². The second kappa shape index (κ2) is 13.1. The normalized spacial score (nSPS) is 19.4. The molecular formula is C55H36N2S. The highest BCUT2D eigenvalue weighted by Gasteiger charge is 2.52. The van der Waals surface area contributed by atoms with E-state index in [4.69, 9.17) is 9.97 Å². The largest absolute Gasteiger partial charge is 0.228 e. The lowest BCUT2D eigenvalue weighted by atomic mass is 9.63. The Morgan fingerprint density at radius 3 is 1.90 bits per heavy atom. The molecule has 0 N–H and O–H groups in total. The molecule has 1 aliphatic heterocycles. The van der Waals surface area contributed by atoms with E-state index in [1.807, 2.05) is 23.9 Å². The van der Waals surface area contributed by atoms with Crippen LogP contribution in [-0.2, 0) is 5.41 Å². The van der Waals surface area contributed by atoms with Crippen molar-refractivity contribution in [3.8, 4) is 56.2 Å². The minimum atomic E-state index is -0.428. The third kappa shape index (κ3) is 5.00. The molecule has 3 atom stereocenters. The highest BCUT2D eigenvalue weighted by atomic mass is 32.2. The molecule has 2 nitrogen and oxygen atoms in total. The van der Waals surface area contributed by atoms with Gasteiger partial charge in [-0.25, -0.2) is 9.97 Å². The SMILES string of the molecule is C1=CC2C=CC3=C(Sc4c(ccc5ccccc45)C34c3ccccc3-c3cc(-c5ccc(-c6nc(-c7ccccc7)cc(-c7ccccc7)n6)cc5)ccc34)C2C=C1. The van der Waals surface area contributed by atoms with Crippen LogP contribution in [0.2, 0.25) is 0 Å². The van der Waals surface area contributed by atoms with Gasteiger partial charge in [0.25, 0.3) is 0 Å². The van der Waals surface area contributed by atoms with Gasteiger partial charge in [-0.3, -0.25) is 0 Å². The smallest absolute Gasteiger partial charge is 0.160 e. The molecule has 0 radical (unpaired) electrons. The summed E-state index contributed by atoms with van der Waals surface area (Å²) in [6.45, 7) is 0. The van der Waals surface area contributed by atoms with Crippen LogP contribution < -0.4 is 0 Å². The van der Waals surface area contributed by atoms with Gasteiger partial charge in [0.05, 0.1) is 16.8 Å². The van der Waals surface area contributed by atoms with Gasteiger partial charge in [0.15, 0.2) is 5.82 Å². The van der Waals surface area contributed by atoms with Crippen LogP contribution in [0.3, 0.4) is 0 Å². The second-order valence-corrected chi connectivity index (χ2v) is 16.7. The van der Waals surface area contributed by atoms with Gasteiger partial charge in [-0.15, -0.1) is 0 Å². The lowest BCUT2D eigenvalue weighted by Crippen LogP contribution is -2.35. The summed E-state index contributed by atoms with van der Waals surface area (Å²) in [4.78, 5) is 13.0. The van der Waals surface area contributed by atoms with Gasteiger partial charge in [-0.2, -0.15) is 0 Å². The van der Waals surface area contributed by atoms with Crippen LogP contribution in [0, 0.1) is 11.8 Å². The molecule has 0 saturated heterocycles. The molecule has 58 heavy (non-hydrogen) atoms. The van der Waals surface area contributed by atoms with Gasteiger partial charge in [-0.1, -0.05) is 206 Å². The number of aromatic nitrogens is 2. The molecule has 7 aromatic carbocycles. The Morgan fingerprint density at radius 1 is 0.466 bits per heavy atom. The van der Waals surface area contributed by atoms with Gasteiger partial charge in [0.2, 0.25) is 0 Å². The molecule has 3 unspecified atom stereocenters. The van der Waals surface area contributed by atoms with Crippen LogP contribution >= 0.6 is 11.8 Å². The first-order chi connectivity index (χ1) is 28.7. The monoisotopic (exact) mass is 756 g/mol. The molecule has 0 fully saturated rings. The van der Waals surface area contributed by atoms with E-state index in [0.717, 1.165) is 33.6 Å². The fraction of sp³-hybridized carbons (Fsp3) is 0.0545. The Balaban J connectivity index is 1.00. The molecule has 0 bridgehead atoms. The van der Waals surface area contributed by atoms with Gasteiger partial charge >= 0.3 is 0 Å². The minimum absolute atomic E-state index is 0.314. The van der Waals surface area contributed by atoms with E-state index in [1.165, 1.54) is 59.5 Å². The molecule has 0 amide bonds. The number of hydrogen-bond acceptors (Lipinski definition) is 3. The van der Waals surface area contributed by atoms with Crippen molar-refractivity contribution in [1.82, 2.24) is 9.97 Å². The molecule has 1 aromatic heterocycles. The van der Waals surface area contributed by atoms with E-state index < -0.39 is 5.41 Å². The van der Waals surface area contributed by atoms with Crippen molar-refractivity contribution in [3.63, 3.8) is 0 Å². The lowest BCUT2D eigenvalue weighted by molar-refractivity contribution is 0.615. The third-order valence-electron chi connectivity index (χ3n) is 12.5. The summed E-state index contributed by atoms with van der Waals surface area (Å²) >= 11 is 2.00. The zero-order valence-electron chi connectivity index (χ0n) is 31.6. The van der Waals surface area contributed by atoms with Gasteiger partial charge < -0.3 is 0 Å². The number of fused-ring (bicyclic) bond motifs is 12. The third-order valence-corrected chi connectivity index (χ3v) is 13.9. The highest BCUT2D eigenvalue weighted by Crippen LogP contribution is 2.65. The molecule has 3 aliphatic carbocycles. The summed E-state index contributed by atoms with van der Waals surface area (Å²) in [6.07, 6.45) is 14.1. The maximum absolute atomic E-state index is 5.09. The summed E-state index contributed by atoms with van der Waals surface area (Å²) in [7, 11) is 0. The van der Waals surface area contributed by atoms with E-state index in [2.05, 4.69) is 194 Å². The van der Waals surface area contributed by atoms with Crippen LogP contribution in [-0.4, -0.2) is 9.97 Å². The summed E-state index contributed by atoms with van der Waals surface area (Å²) in [5.74, 6) is 1.39. The van der Waals surface area contributed by atoms with E-state index in [-0.39, 0.29) is 0 Å². The standard InChI is InChI=1S/C55H36N2S/c1-3-15-38(16-4-1)50-34-51(39-17-5-2-6-18-39)57-54(56-50)40-25-23-35(24-26-40)41-29-30-47-45(33-41)44-21-11-12-22-46(44)55(47)48-31-27-36-13-7-9-19-42(36)52(48)58-53-43-20-10-8-14-37(43)28-32-49(53)55/h1-34,36,42H. The maximum Gasteiger partial charge on any atom is 0.160 e. The van der Waals surface area contributed by atoms with Crippen LogP contribution in [0.15, 0.2) is 222 Å². The quantitative estimate of drug-likeness (QED) is 0.179. The first-order valence-electron chi connectivity index (χ1n) is 20.1. The second-order valence-electron chi connectivity index (χ2n) is 15.6. The number of benzene rings is 7. The van der Waals surface area contributed by atoms with Crippen molar-refractivity contribution in [2.75, 3.05) is 0 Å². The number of hydrogen-bond donors (Lipinski definition) is 0. The molecular weight excluding hydrogens is 721 g/mol. The molecule has 3 heteroatoms. The molecule has 8 aromatic rings. The van der Waals surface area contributed by atoms with Crippen molar-refractivity contribution >= 4 is 22.5 Å². The van der Waals surface area contributed by atoms with Gasteiger partial charge in [0.1, 0.15) is 0 Å². The zero-order chi connectivity index (χ0) is 38.2. The first-order valence-corrected chi connectivity index (χ1v) is 20.9. The predicted molar refractivity (Wildman–Crippen MR) is 240 cm³/mol. The van der Waals surface area contributed by atoms with Crippen LogP contribution in [0.25, 0.3) is 66.9 Å². The molecule has 1 spiro atoms. The van der Waals surface area contributed by atoms with Crippen molar-refractivity contribution in [2.24, 2.45) is 11.8 Å². The Hall–Kier alpha value is -6.81. The van der Waals surface area contributed by atoms with Crippen LogP contribution in [0.1, 0.15) is 16.7 Å². The molecule has 2 heterocycles. The summed E-state index contributed by atoms with van der Waals surface area (Å²) in [5.41, 5.74) is 15.0. The fourth-order valence-electron chi connectivity index (χ4n) is 9.82.